The number of amidine groups is 1. The van der Waals surface area contributed by atoms with Gasteiger partial charge in [-0.1, -0.05) is 0 Å². The highest BCUT2D eigenvalue weighted by Crippen LogP contribution is 2.14. The van der Waals surface area contributed by atoms with Crippen molar-refractivity contribution in [3.8, 4) is 0 Å². The second-order valence-electron chi connectivity index (χ2n) is 2.48. The molecule has 0 aliphatic heterocycles. The normalized spacial score (nSPS) is 11.7. The van der Waals surface area contributed by atoms with Crippen molar-refractivity contribution in [2.24, 2.45) is 5.73 Å². The molecule has 1 heterocycles. The predicted octanol–water partition coefficient (Wildman–Crippen LogP) is -0.342. The standard InChI is InChI=1S/C5H7F2N5O2S/c6-5(7)15(13,14)12-4-2(3(8)9)1-10-11-4/h1,5H,(H3,8,9)(H2,10,11,12). The van der Waals surface area contributed by atoms with Crippen LogP contribution in [0, 0.1) is 5.41 Å². The van der Waals surface area contributed by atoms with Crippen LogP contribution >= 0.6 is 0 Å². The number of nitrogens with two attached hydrogens (primary N) is 1. The van der Waals surface area contributed by atoms with Gasteiger partial charge in [-0.15, -0.1) is 0 Å². The Bertz CT molecular complexity index is 468. The Kier molecular flexibility index (Phi) is 2.88. The van der Waals surface area contributed by atoms with Crippen molar-refractivity contribution in [2.75, 3.05) is 4.72 Å². The molecule has 10 heteroatoms. The second kappa shape index (κ2) is 3.81. The molecular formula is C5H7F2N5O2S. The Labute approximate surface area is 83.2 Å². The van der Waals surface area contributed by atoms with Crippen molar-refractivity contribution < 1.29 is 17.2 Å². The van der Waals surface area contributed by atoms with E-state index in [9.17, 15) is 17.2 Å². The summed E-state index contributed by atoms with van der Waals surface area (Å²) in [5, 5.41) is 12.5. The van der Waals surface area contributed by atoms with E-state index in [0.717, 1.165) is 6.20 Å². The van der Waals surface area contributed by atoms with Crippen LogP contribution in [0.4, 0.5) is 14.6 Å². The monoisotopic (exact) mass is 239 g/mol. The largest absolute Gasteiger partial charge is 0.384 e. The molecule has 15 heavy (non-hydrogen) atoms. The van der Waals surface area contributed by atoms with E-state index < -0.39 is 21.6 Å². The molecule has 0 atom stereocenters. The van der Waals surface area contributed by atoms with Crippen molar-refractivity contribution >= 4 is 21.7 Å². The Balaban J connectivity index is 3.01. The minimum Gasteiger partial charge on any atom is -0.384 e. The fourth-order valence-electron chi connectivity index (χ4n) is 0.755. The van der Waals surface area contributed by atoms with Crippen LogP contribution in [-0.4, -0.2) is 30.2 Å². The first-order valence-electron chi connectivity index (χ1n) is 3.52. The van der Waals surface area contributed by atoms with Gasteiger partial charge < -0.3 is 5.73 Å². The van der Waals surface area contributed by atoms with Crippen LogP contribution in [0.25, 0.3) is 0 Å². The number of nitrogens with zero attached hydrogens (tertiary/aromatic N) is 1. The number of aromatic nitrogens is 2. The Hall–Kier alpha value is -1.71. The molecule has 0 bridgehead atoms. The number of H-pyrrole nitrogens is 1. The predicted molar refractivity (Wildman–Crippen MR) is 48.2 cm³/mol. The van der Waals surface area contributed by atoms with Crippen LogP contribution in [0.3, 0.4) is 0 Å². The lowest BCUT2D eigenvalue weighted by atomic mass is 10.3. The average molecular weight is 239 g/mol. The highest BCUT2D eigenvalue weighted by molar-refractivity contribution is 7.93. The molecule has 5 N–H and O–H groups in total. The van der Waals surface area contributed by atoms with Crippen LogP contribution in [-0.2, 0) is 10.0 Å². The topological polar surface area (TPSA) is 125 Å². The maximum absolute atomic E-state index is 12.0. The summed E-state index contributed by atoms with van der Waals surface area (Å²) in [6.07, 6.45) is 1.05. The number of alkyl halides is 2. The van der Waals surface area contributed by atoms with Gasteiger partial charge in [0.05, 0.1) is 11.8 Å². The van der Waals surface area contributed by atoms with Gasteiger partial charge in [0.15, 0.2) is 0 Å². The molecule has 1 rings (SSSR count). The number of halogens is 2. The summed E-state index contributed by atoms with van der Waals surface area (Å²) in [5.41, 5.74) is 4.96. The lowest BCUT2D eigenvalue weighted by molar-refractivity contribution is 0.236. The first-order chi connectivity index (χ1) is 6.84. The summed E-state index contributed by atoms with van der Waals surface area (Å²) in [6, 6.07) is 0. The van der Waals surface area contributed by atoms with Gasteiger partial charge in [0.25, 0.3) is 10.0 Å². The Morgan fingerprint density at radius 3 is 2.73 bits per heavy atom. The molecular weight excluding hydrogens is 232 g/mol. The van der Waals surface area contributed by atoms with Crippen LogP contribution in [0.1, 0.15) is 5.56 Å². The van der Waals surface area contributed by atoms with Gasteiger partial charge in [-0.05, 0) is 0 Å². The Morgan fingerprint density at radius 1 is 1.67 bits per heavy atom. The molecule has 0 amide bonds. The number of hydrogen-bond acceptors (Lipinski definition) is 4. The van der Waals surface area contributed by atoms with Crippen LogP contribution < -0.4 is 10.5 Å². The molecule has 7 nitrogen and oxygen atoms in total. The first kappa shape index (κ1) is 11.4. The molecule has 84 valence electrons. The number of nitrogens with one attached hydrogen (secondary N) is 3. The molecule has 0 spiro atoms. The minimum absolute atomic E-state index is 0.0979. The van der Waals surface area contributed by atoms with E-state index in [0.29, 0.717) is 0 Å². The third-order valence-electron chi connectivity index (χ3n) is 1.41. The molecule has 0 saturated heterocycles. The highest BCUT2D eigenvalue weighted by atomic mass is 32.2. The zero-order valence-electron chi connectivity index (χ0n) is 7.16. The van der Waals surface area contributed by atoms with E-state index in [2.05, 4.69) is 10.2 Å². The van der Waals surface area contributed by atoms with Gasteiger partial charge in [-0.25, -0.2) is 8.42 Å². The molecule has 0 aromatic carbocycles. The zero-order valence-corrected chi connectivity index (χ0v) is 7.98. The van der Waals surface area contributed by atoms with Crippen molar-refractivity contribution in [3.63, 3.8) is 0 Å². The van der Waals surface area contributed by atoms with Crippen LogP contribution in [0.15, 0.2) is 6.20 Å². The molecule has 0 aliphatic carbocycles. The van der Waals surface area contributed by atoms with Gasteiger partial charge in [0.2, 0.25) is 0 Å². The molecule has 0 fully saturated rings. The van der Waals surface area contributed by atoms with Crippen molar-refractivity contribution in [3.05, 3.63) is 11.8 Å². The summed E-state index contributed by atoms with van der Waals surface area (Å²) >= 11 is 0. The number of nitrogen functional groups attached to an aromatic ring is 1. The zero-order chi connectivity index (χ0) is 11.6. The molecule has 0 aliphatic rings. The van der Waals surface area contributed by atoms with Crippen molar-refractivity contribution in [2.45, 2.75) is 5.76 Å². The molecule has 1 aromatic rings. The van der Waals surface area contributed by atoms with Crippen LogP contribution in [0.5, 0.6) is 0 Å². The van der Waals surface area contributed by atoms with Gasteiger partial charge >= 0.3 is 5.76 Å². The van der Waals surface area contributed by atoms with E-state index in [1.54, 1.807) is 0 Å². The average Bonchev–Trinajstić information content (AvgIpc) is 2.51. The number of sulfonamides is 1. The summed E-state index contributed by atoms with van der Waals surface area (Å²) in [6.45, 7) is 0. The summed E-state index contributed by atoms with van der Waals surface area (Å²) in [4.78, 5) is 0. The molecule has 0 unspecified atom stereocenters. The van der Waals surface area contributed by atoms with Gasteiger partial charge in [0.1, 0.15) is 11.7 Å². The Morgan fingerprint density at radius 2 is 2.27 bits per heavy atom. The van der Waals surface area contributed by atoms with Crippen molar-refractivity contribution in [1.82, 2.24) is 10.2 Å². The number of hydrogen-bond donors (Lipinski definition) is 4. The quantitative estimate of drug-likeness (QED) is 0.423. The lowest BCUT2D eigenvalue weighted by Crippen LogP contribution is -2.23. The number of rotatable bonds is 4. The molecule has 0 saturated carbocycles. The fourth-order valence-corrected chi connectivity index (χ4v) is 1.28. The van der Waals surface area contributed by atoms with E-state index in [4.69, 9.17) is 11.1 Å². The highest BCUT2D eigenvalue weighted by Gasteiger charge is 2.25. The SMILES string of the molecule is N=C(N)c1cn[nH]c1NS(=O)(=O)C(F)F. The smallest absolute Gasteiger partial charge is 0.355 e. The van der Waals surface area contributed by atoms with E-state index in [1.807, 2.05) is 0 Å². The maximum atomic E-state index is 12.0. The second-order valence-corrected chi connectivity index (χ2v) is 4.13. The number of aromatic amines is 1. The van der Waals surface area contributed by atoms with Gasteiger partial charge in [-0.2, -0.15) is 13.9 Å². The summed E-state index contributed by atoms with van der Waals surface area (Å²) < 4.78 is 47.0. The van der Waals surface area contributed by atoms with Gasteiger partial charge in [-0.3, -0.25) is 15.2 Å². The number of anilines is 1. The van der Waals surface area contributed by atoms with Gasteiger partial charge in [0, 0.05) is 0 Å². The third kappa shape index (κ3) is 2.40. The van der Waals surface area contributed by atoms with E-state index >= 15 is 0 Å². The molecule has 1 aromatic heterocycles. The maximum Gasteiger partial charge on any atom is 0.355 e. The van der Waals surface area contributed by atoms with E-state index in [1.165, 1.54) is 4.72 Å². The van der Waals surface area contributed by atoms with E-state index in [-0.39, 0.29) is 11.4 Å². The van der Waals surface area contributed by atoms with Crippen molar-refractivity contribution in [1.29, 1.82) is 5.41 Å². The third-order valence-corrected chi connectivity index (χ3v) is 2.37. The summed E-state index contributed by atoms with van der Waals surface area (Å²) in [7, 11) is -4.78. The van der Waals surface area contributed by atoms with Crippen LogP contribution in [0.2, 0.25) is 0 Å². The summed E-state index contributed by atoms with van der Waals surface area (Å²) in [5.74, 6) is -4.42. The molecule has 0 radical (unpaired) electrons. The fraction of sp³-hybridized carbons (Fsp3) is 0.200. The lowest BCUT2D eigenvalue weighted by Gasteiger charge is -2.05. The minimum atomic E-state index is -4.78. The first-order valence-corrected chi connectivity index (χ1v) is 5.07.